The molecule has 8 heteroatoms. The second kappa shape index (κ2) is 9.41. The largest absolute Gasteiger partial charge is 0.495 e. The number of imidazole rings is 1. The van der Waals surface area contributed by atoms with Gasteiger partial charge in [-0.2, -0.15) is 0 Å². The lowest BCUT2D eigenvalue weighted by Gasteiger charge is -2.12. The SMILES string of the molecule is COc1ccc(Cl)cc1NC(=O)Cn1c(SCc2ccc(C)cc2)nc2ccncc21. The van der Waals surface area contributed by atoms with Crippen molar-refractivity contribution in [3.8, 4) is 5.75 Å². The Morgan fingerprint density at radius 3 is 2.77 bits per heavy atom. The number of aryl methyl sites for hydroxylation is 1. The van der Waals surface area contributed by atoms with Gasteiger partial charge in [0.05, 0.1) is 30.0 Å². The summed E-state index contributed by atoms with van der Waals surface area (Å²) in [5.41, 5.74) is 4.55. The maximum Gasteiger partial charge on any atom is 0.244 e. The summed E-state index contributed by atoms with van der Waals surface area (Å²) in [6, 6.07) is 15.3. The number of fused-ring (bicyclic) bond motifs is 1. The molecule has 0 aliphatic rings. The third kappa shape index (κ3) is 5.00. The molecule has 0 radical (unpaired) electrons. The number of halogens is 1. The fourth-order valence-electron chi connectivity index (χ4n) is 3.15. The summed E-state index contributed by atoms with van der Waals surface area (Å²) in [5.74, 6) is 1.09. The molecule has 2 heterocycles. The van der Waals surface area contributed by atoms with Gasteiger partial charge in [0.15, 0.2) is 5.16 Å². The second-order valence-corrected chi connectivity index (χ2v) is 8.39. The third-order valence-electron chi connectivity index (χ3n) is 4.74. The first-order valence-electron chi connectivity index (χ1n) is 9.65. The maximum atomic E-state index is 12.9. The normalized spacial score (nSPS) is 10.9. The Morgan fingerprint density at radius 1 is 1.19 bits per heavy atom. The molecule has 2 aromatic heterocycles. The molecule has 0 fully saturated rings. The molecular weight excluding hydrogens is 432 g/mol. The van der Waals surface area contributed by atoms with Crippen LogP contribution in [0.2, 0.25) is 5.02 Å². The maximum absolute atomic E-state index is 12.9. The lowest BCUT2D eigenvalue weighted by atomic mass is 10.2. The van der Waals surface area contributed by atoms with Gasteiger partial charge >= 0.3 is 0 Å². The quantitative estimate of drug-likeness (QED) is 0.383. The van der Waals surface area contributed by atoms with Gasteiger partial charge in [-0.15, -0.1) is 0 Å². The van der Waals surface area contributed by atoms with Crippen LogP contribution in [0.1, 0.15) is 11.1 Å². The molecular formula is C23H21ClN4O2S. The van der Waals surface area contributed by atoms with Crippen LogP contribution in [-0.4, -0.2) is 27.6 Å². The molecule has 4 aromatic rings. The van der Waals surface area contributed by atoms with Crippen molar-refractivity contribution in [2.75, 3.05) is 12.4 Å². The molecule has 0 aliphatic carbocycles. The van der Waals surface area contributed by atoms with Crippen LogP contribution in [0.15, 0.2) is 66.1 Å². The molecule has 0 aliphatic heterocycles. The van der Waals surface area contributed by atoms with E-state index >= 15 is 0 Å². The number of carbonyl (C=O) groups is 1. The lowest BCUT2D eigenvalue weighted by molar-refractivity contribution is -0.116. The molecule has 1 N–H and O–H groups in total. The Morgan fingerprint density at radius 2 is 2.00 bits per heavy atom. The number of nitrogens with zero attached hydrogens (tertiary/aromatic N) is 3. The highest BCUT2D eigenvalue weighted by Gasteiger charge is 2.16. The van der Waals surface area contributed by atoms with Crippen LogP contribution < -0.4 is 10.1 Å². The van der Waals surface area contributed by atoms with E-state index in [1.54, 1.807) is 49.5 Å². The summed E-state index contributed by atoms with van der Waals surface area (Å²) in [6.45, 7) is 2.16. The number of amides is 1. The van der Waals surface area contributed by atoms with Gasteiger partial charge in [-0.25, -0.2) is 4.98 Å². The first-order valence-corrected chi connectivity index (χ1v) is 11.0. The number of rotatable bonds is 7. The first kappa shape index (κ1) is 21.2. The smallest absolute Gasteiger partial charge is 0.244 e. The van der Waals surface area contributed by atoms with Crippen molar-refractivity contribution in [2.24, 2.45) is 0 Å². The fourth-order valence-corrected chi connectivity index (χ4v) is 4.30. The molecule has 0 bridgehead atoms. The summed E-state index contributed by atoms with van der Waals surface area (Å²) >= 11 is 7.67. The van der Waals surface area contributed by atoms with Gasteiger partial charge in [-0.1, -0.05) is 53.2 Å². The minimum absolute atomic E-state index is 0.0914. The van der Waals surface area contributed by atoms with Crippen molar-refractivity contribution >= 4 is 46.0 Å². The number of aromatic nitrogens is 3. The van der Waals surface area contributed by atoms with Crippen molar-refractivity contribution in [1.82, 2.24) is 14.5 Å². The Kier molecular flexibility index (Phi) is 6.44. The van der Waals surface area contributed by atoms with Crippen LogP contribution >= 0.6 is 23.4 Å². The molecule has 4 rings (SSSR count). The third-order valence-corrected chi connectivity index (χ3v) is 6.02. The zero-order valence-corrected chi connectivity index (χ0v) is 18.7. The predicted molar refractivity (Wildman–Crippen MR) is 125 cm³/mol. The number of methoxy groups -OCH3 is 1. The van der Waals surface area contributed by atoms with E-state index < -0.39 is 0 Å². The average molecular weight is 453 g/mol. The van der Waals surface area contributed by atoms with Crippen LogP contribution in [0.4, 0.5) is 5.69 Å². The van der Waals surface area contributed by atoms with Gasteiger partial charge in [0.25, 0.3) is 0 Å². The molecule has 0 saturated carbocycles. The Labute approximate surface area is 189 Å². The number of anilines is 1. The zero-order chi connectivity index (χ0) is 21.8. The minimum Gasteiger partial charge on any atom is -0.495 e. The van der Waals surface area contributed by atoms with Gasteiger partial charge < -0.3 is 14.6 Å². The highest BCUT2D eigenvalue weighted by Crippen LogP contribution is 2.29. The van der Waals surface area contributed by atoms with Crippen molar-refractivity contribution in [3.63, 3.8) is 0 Å². The van der Waals surface area contributed by atoms with Crippen LogP contribution in [0.25, 0.3) is 11.0 Å². The Bertz CT molecular complexity index is 1220. The van der Waals surface area contributed by atoms with E-state index in [0.29, 0.717) is 16.5 Å². The topological polar surface area (TPSA) is 69.0 Å². The summed E-state index contributed by atoms with van der Waals surface area (Å²) in [4.78, 5) is 21.8. The number of hydrogen-bond donors (Lipinski definition) is 1. The molecule has 0 saturated heterocycles. The van der Waals surface area contributed by atoms with Crippen LogP contribution in [0.3, 0.4) is 0 Å². The molecule has 1 amide bonds. The van der Waals surface area contributed by atoms with Gasteiger partial charge in [0.2, 0.25) is 5.91 Å². The van der Waals surface area contributed by atoms with Crippen molar-refractivity contribution < 1.29 is 9.53 Å². The van der Waals surface area contributed by atoms with Crippen LogP contribution in [0.5, 0.6) is 5.75 Å². The number of pyridine rings is 1. The van der Waals surface area contributed by atoms with Gasteiger partial charge in [0, 0.05) is 17.0 Å². The van der Waals surface area contributed by atoms with Gasteiger partial charge in [-0.3, -0.25) is 9.78 Å². The first-order chi connectivity index (χ1) is 15.0. The standard InChI is InChI=1S/C23H21ClN4O2S/c1-15-3-5-16(6-4-15)14-31-23-27-18-9-10-25-12-20(18)28(23)13-22(29)26-19-11-17(24)7-8-21(19)30-2/h3-12H,13-14H2,1-2H3,(H,26,29). The molecule has 0 atom stereocenters. The molecule has 0 spiro atoms. The molecule has 2 aromatic carbocycles. The second-order valence-electron chi connectivity index (χ2n) is 7.01. The van der Waals surface area contributed by atoms with Crippen LogP contribution in [0, 0.1) is 6.92 Å². The number of thioether (sulfide) groups is 1. The van der Waals surface area contributed by atoms with Crippen LogP contribution in [-0.2, 0) is 17.1 Å². The zero-order valence-electron chi connectivity index (χ0n) is 17.1. The molecule has 6 nitrogen and oxygen atoms in total. The number of carbonyl (C=O) groups excluding carboxylic acids is 1. The summed E-state index contributed by atoms with van der Waals surface area (Å²) in [5, 5.41) is 4.16. The van der Waals surface area contributed by atoms with E-state index in [-0.39, 0.29) is 12.5 Å². The van der Waals surface area contributed by atoms with E-state index in [2.05, 4.69) is 41.5 Å². The molecule has 0 unspecified atom stereocenters. The number of benzene rings is 2. The Balaban J connectivity index is 1.57. The number of hydrogen-bond acceptors (Lipinski definition) is 5. The summed E-state index contributed by atoms with van der Waals surface area (Å²) in [6.07, 6.45) is 3.43. The van der Waals surface area contributed by atoms with Gasteiger partial charge in [0.1, 0.15) is 12.3 Å². The van der Waals surface area contributed by atoms with E-state index in [9.17, 15) is 4.79 Å². The highest BCUT2D eigenvalue weighted by molar-refractivity contribution is 7.98. The van der Waals surface area contributed by atoms with E-state index in [0.717, 1.165) is 21.9 Å². The van der Waals surface area contributed by atoms with Gasteiger partial charge in [-0.05, 0) is 36.8 Å². The van der Waals surface area contributed by atoms with E-state index in [4.69, 9.17) is 21.3 Å². The molecule has 31 heavy (non-hydrogen) atoms. The monoisotopic (exact) mass is 452 g/mol. The summed E-state index contributed by atoms with van der Waals surface area (Å²) < 4.78 is 7.20. The molecule has 158 valence electrons. The Hall–Kier alpha value is -3.03. The minimum atomic E-state index is -0.207. The average Bonchev–Trinajstić information content (AvgIpc) is 3.11. The number of ether oxygens (including phenoxy) is 1. The lowest BCUT2D eigenvalue weighted by Crippen LogP contribution is -2.19. The summed E-state index contributed by atoms with van der Waals surface area (Å²) in [7, 11) is 1.55. The highest BCUT2D eigenvalue weighted by atomic mass is 35.5. The van der Waals surface area contributed by atoms with Crippen molar-refractivity contribution in [2.45, 2.75) is 24.4 Å². The van der Waals surface area contributed by atoms with Crippen molar-refractivity contribution in [1.29, 1.82) is 0 Å². The van der Waals surface area contributed by atoms with Crippen molar-refractivity contribution in [3.05, 3.63) is 77.1 Å². The predicted octanol–water partition coefficient (Wildman–Crippen LogP) is 5.33. The fraction of sp³-hybridized carbons (Fsp3) is 0.174. The van der Waals surface area contributed by atoms with E-state index in [1.807, 2.05) is 10.6 Å². The van der Waals surface area contributed by atoms with E-state index in [1.165, 1.54) is 11.1 Å². The number of nitrogens with one attached hydrogen (secondary N) is 1.